The number of nitrogens with one attached hydrogen (secondary N) is 1. The largest absolute Gasteiger partial charge is 0.497 e. The lowest BCUT2D eigenvalue weighted by molar-refractivity contribution is -0.0657. The summed E-state index contributed by atoms with van der Waals surface area (Å²) in [5.41, 5.74) is 1.37. The number of hydrogen-bond donors (Lipinski definition) is 1. The Bertz CT molecular complexity index is 775. The Morgan fingerprint density at radius 2 is 1.89 bits per heavy atom. The van der Waals surface area contributed by atoms with Crippen molar-refractivity contribution in [2.24, 2.45) is 0 Å². The summed E-state index contributed by atoms with van der Waals surface area (Å²) >= 11 is 0. The Morgan fingerprint density at radius 1 is 1.22 bits per heavy atom. The highest BCUT2D eigenvalue weighted by atomic mass is 19.1. The molecule has 6 heteroatoms. The first-order valence-electron chi connectivity index (χ1n) is 8.94. The number of urea groups is 1. The van der Waals surface area contributed by atoms with Crippen LogP contribution >= 0.6 is 0 Å². The molecule has 3 rings (SSSR count). The van der Waals surface area contributed by atoms with Crippen LogP contribution < -0.4 is 10.1 Å². The summed E-state index contributed by atoms with van der Waals surface area (Å²) in [5.74, 6) is 0.473. The summed E-state index contributed by atoms with van der Waals surface area (Å²) in [6.45, 7) is 5.20. The molecule has 2 amide bonds. The van der Waals surface area contributed by atoms with Crippen molar-refractivity contribution in [2.75, 3.05) is 20.3 Å². The molecule has 0 spiro atoms. The lowest BCUT2D eigenvalue weighted by Gasteiger charge is -2.47. The molecule has 0 saturated carbocycles. The number of carbonyl (C=O) groups excluding carboxylic acids is 1. The number of hydrogen-bond acceptors (Lipinski definition) is 3. The van der Waals surface area contributed by atoms with E-state index in [0.29, 0.717) is 19.8 Å². The van der Waals surface area contributed by atoms with Gasteiger partial charge in [-0.15, -0.1) is 0 Å². The first-order chi connectivity index (χ1) is 12.9. The second-order valence-electron chi connectivity index (χ2n) is 7.27. The van der Waals surface area contributed by atoms with Crippen molar-refractivity contribution >= 4 is 6.03 Å². The van der Waals surface area contributed by atoms with Crippen molar-refractivity contribution in [3.05, 3.63) is 65.5 Å². The molecule has 2 aromatic carbocycles. The number of morpholine rings is 1. The highest BCUT2D eigenvalue weighted by molar-refractivity contribution is 5.76. The molecule has 1 aliphatic rings. The molecule has 0 aromatic heterocycles. The fourth-order valence-corrected chi connectivity index (χ4v) is 3.34. The van der Waals surface area contributed by atoms with Crippen LogP contribution in [0, 0.1) is 5.82 Å². The Morgan fingerprint density at radius 3 is 2.52 bits per heavy atom. The molecule has 27 heavy (non-hydrogen) atoms. The molecule has 2 aromatic rings. The molecule has 1 heterocycles. The van der Waals surface area contributed by atoms with Crippen LogP contribution in [0.15, 0.2) is 48.5 Å². The van der Waals surface area contributed by atoms with Gasteiger partial charge >= 0.3 is 6.03 Å². The summed E-state index contributed by atoms with van der Waals surface area (Å²) in [4.78, 5) is 14.9. The predicted molar refractivity (Wildman–Crippen MR) is 101 cm³/mol. The van der Waals surface area contributed by atoms with Gasteiger partial charge < -0.3 is 19.7 Å². The van der Waals surface area contributed by atoms with Gasteiger partial charge in [-0.2, -0.15) is 0 Å². The number of rotatable bonds is 4. The van der Waals surface area contributed by atoms with E-state index in [1.807, 2.05) is 43.0 Å². The smallest absolute Gasteiger partial charge is 0.318 e. The SMILES string of the molecule is COc1ccc(C2COCC(C)(C)N2C(=O)NCc2ccc(F)cc2)cc1. The average Bonchev–Trinajstić information content (AvgIpc) is 2.66. The fourth-order valence-electron chi connectivity index (χ4n) is 3.34. The van der Waals surface area contributed by atoms with Gasteiger partial charge in [0, 0.05) is 6.54 Å². The molecule has 1 unspecified atom stereocenters. The van der Waals surface area contributed by atoms with Crippen LogP contribution in [0.4, 0.5) is 9.18 Å². The molecule has 1 atom stereocenters. The minimum absolute atomic E-state index is 0.173. The van der Waals surface area contributed by atoms with Crippen LogP contribution in [0.5, 0.6) is 5.75 Å². The minimum atomic E-state index is -0.463. The van der Waals surface area contributed by atoms with Gasteiger partial charge in [-0.05, 0) is 49.2 Å². The van der Waals surface area contributed by atoms with E-state index in [1.54, 1.807) is 19.2 Å². The fraction of sp³-hybridized carbons (Fsp3) is 0.381. The third-order valence-electron chi connectivity index (χ3n) is 4.77. The Hall–Kier alpha value is -2.60. The Labute approximate surface area is 159 Å². The van der Waals surface area contributed by atoms with Gasteiger partial charge in [0.15, 0.2) is 0 Å². The van der Waals surface area contributed by atoms with Gasteiger partial charge in [-0.25, -0.2) is 9.18 Å². The first-order valence-corrected chi connectivity index (χ1v) is 8.94. The highest BCUT2D eigenvalue weighted by Crippen LogP contribution is 2.34. The third-order valence-corrected chi connectivity index (χ3v) is 4.77. The van der Waals surface area contributed by atoms with Crippen LogP contribution in [-0.2, 0) is 11.3 Å². The molecule has 0 aliphatic carbocycles. The number of methoxy groups -OCH3 is 1. The molecule has 144 valence electrons. The molecule has 1 saturated heterocycles. The van der Waals surface area contributed by atoms with Crippen LogP contribution in [0.1, 0.15) is 31.0 Å². The Kier molecular flexibility index (Phi) is 5.65. The summed E-state index contributed by atoms with van der Waals surface area (Å²) in [7, 11) is 1.62. The topological polar surface area (TPSA) is 50.8 Å². The van der Waals surface area contributed by atoms with Gasteiger partial charge in [-0.3, -0.25) is 0 Å². The third kappa shape index (κ3) is 4.39. The van der Waals surface area contributed by atoms with Crippen LogP contribution in [0.2, 0.25) is 0 Å². The lowest BCUT2D eigenvalue weighted by Crippen LogP contribution is -2.59. The molecule has 0 radical (unpaired) electrons. The maximum Gasteiger partial charge on any atom is 0.318 e. The quantitative estimate of drug-likeness (QED) is 0.886. The van der Waals surface area contributed by atoms with E-state index in [1.165, 1.54) is 12.1 Å². The summed E-state index contributed by atoms with van der Waals surface area (Å²) in [6.07, 6.45) is 0. The summed E-state index contributed by atoms with van der Waals surface area (Å²) < 4.78 is 24.0. The molecule has 1 aliphatic heterocycles. The van der Waals surface area contributed by atoms with Gasteiger partial charge in [0.2, 0.25) is 0 Å². The average molecular weight is 372 g/mol. The van der Waals surface area contributed by atoms with Crippen molar-refractivity contribution in [2.45, 2.75) is 32.0 Å². The predicted octanol–water partition coefficient (Wildman–Crippen LogP) is 3.90. The molecule has 0 bridgehead atoms. The highest BCUT2D eigenvalue weighted by Gasteiger charge is 2.41. The second-order valence-corrected chi connectivity index (χ2v) is 7.27. The van der Waals surface area contributed by atoms with Crippen LogP contribution in [-0.4, -0.2) is 36.8 Å². The van der Waals surface area contributed by atoms with Gasteiger partial charge in [0.05, 0.1) is 31.9 Å². The number of amides is 2. The Balaban J connectivity index is 1.78. The number of benzene rings is 2. The maximum absolute atomic E-state index is 13.1. The maximum atomic E-state index is 13.1. The zero-order valence-electron chi connectivity index (χ0n) is 15.9. The van der Waals surface area contributed by atoms with Crippen molar-refractivity contribution in [1.29, 1.82) is 0 Å². The second kappa shape index (κ2) is 7.96. The zero-order valence-corrected chi connectivity index (χ0v) is 15.9. The number of nitrogens with zero attached hydrogens (tertiary/aromatic N) is 1. The van der Waals surface area contributed by atoms with Crippen LogP contribution in [0.3, 0.4) is 0 Å². The van der Waals surface area contributed by atoms with Crippen molar-refractivity contribution in [1.82, 2.24) is 10.2 Å². The molecular weight excluding hydrogens is 347 g/mol. The van der Waals surface area contributed by atoms with Crippen molar-refractivity contribution in [3.8, 4) is 5.75 Å². The normalized spacial score (nSPS) is 18.8. The minimum Gasteiger partial charge on any atom is -0.497 e. The van der Waals surface area contributed by atoms with Gasteiger partial charge in [0.25, 0.3) is 0 Å². The zero-order chi connectivity index (χ0) is 19.4. The molecular formula is C21H25FN2O3. The van der Waals surface area contributed by atoms with E-state index in [2.05, 4.69) is 5.32 Å². The standard InChI is InChI=1S/C21H25FN2O3/c1-21(2)14-27-13-19(16-6-10-18(26-3)11-7-16)24(21)20(25)23-12-15-4-8-17(22)9-5-15/h4-11,19H,12-14H2,1-3H3,(H,23,25). The monoisotopic (exact) mass is 372 g/mol. The van der Waals surface area contributed by atoms with Crippen molar-refractivity contribution in [3.63, 3.8) is 0 Å². The molecule has 5 nitrogen and oxygen atoms in total. The number of halogens is 1. The van der Waals surface area contributed by atoms with E-state index >= 15 is 0 Å². The lowest BCUT2D eigenvalue weighted by atomic mass is 9.95. The van der Waals surface area contributed by atoms with Gasteiger partial charge in [0.1, 0.15) is 11.6 Å². The van der Waals surface area contributed by atoms with E-state index in [4.69, 9.17) is 9.47 Å². The number of ether oxygens (including phenoxy) is 2. The summed E-state index contributed by atoms with van der Waals surface area (Å²) in [5, 5.41) is 2.95. The van der Waals surface area contributed by atoms with E-state index < -0.39 is 5.54 Å². The van der Waals surface area contributed by atoms with Gasteiger partial charge in [-0.1, -0.05) is 24.3 Å². The van der Waals surface area contributed by atoms with Crippen LogP contribution in [0.25, 0.3) is 0 Å². The van der Waals surface area contributed by atoms with E-state index in [-0.39, 0.29) is 17.9 Å². The molecule has 1 N–H and O–H groups in total. The number of carbonyl (C=O) groups is 1. The summed E-state index contributed by atoms with van der Waals surface area (Å²) in [6, 6.07) is 13.4. The van der Waals surface area contributed by atoms with E-state index in [9.17, 15) is 9.18 Å². The molecule has 1 fully saturated rings. The van der Waals surface area contributed by atoms with E-state index in [0.717, 1.165) is 16.9 Å². The van der Waals surface area contributed by atoms with Crippen molar-refractivity contribution < 1.29 is 18.7 Å². The first kappa shape index (κ1) is 19.2.